The number of nitrogens with zero attached hydrogens (tertiary/aromatic N) is 2. The molecular weight excluding hydrogens is 352 g/mol. The van der Waals surface area contributed by atoms with Gasteiger partial charge in [-0.2, -0.15) is 0 Å². The van der Waals surface area contributed by atoms with Crippen LogP contribution in [-0.2, 0) is 0 Å². The Bertz CT molecular complexity index is 966. The summed E-state index contributed by atoms with van der Waals surface area (Å²) in [5.74, 6) is 1.60. The highest BCUT2D eigenvalue weighted by molar-refractivity contribution is 5.95. The number of carbonyl (C=O) groups is 1. The van der Waals surface area contributed by atoms with Crippen molar-refractivity contribution < 1.29 is 14.3 Å². The minimum atomic E-state index is -0.0206. The average Bonchev–Trinajstić information content (AvgIpc) is 3.45. The summed E-state index contributed by atoms with van der Waals surface area (Å²) < 4.78 is 13.0. The molecule has 0 bridgehead atoms. The Morgan fingerprint density at radius 3 is 2.57 bits per heavy atom. The number of carbonyl (C=O) groups excluding carboxylic acids is 1. The predicted molar refractivity (Wildman–Crippen MR) is 108 cm³/mol. The first-order valence-electron chi connectivity index (χ1n) is 9.47. The fourth-order valence-corrected chi connectivity index (χ4v) is 3.90. The Balaban J connectivity index is 1.66. The van der Waals surface area contributed by atoms with Gasteiger partial charge >= 0.3 is 0 Å². The van der Waals surface area contributed by atoms with Crippen LogP contribution in [0.3, 0.4) is 0 Å². The summed E-state index contributed by atoms with van der Waals surface area (Å²) in [4.78, 5) is 15.3. The van der Waals surface area contributed by atoms with E-state index in [4.69, 9.17) is 9.47 Å². The second-order valence-electron chi connectivity index (χ2n) is 6.91. The molecule has 1 aliphatic rings. The largest absolute Gasteiger partial charge is 0.497 e. The lowest BCUT2D eigenvalue weighted by atomic mass is 10.0. The number of rotatable bonds is 5. The van der Waals surface area contributed by atoms with E-state index in [1.165, 1.54) is 0 Å². The van der Waals surface area contributed by atoms with Crippen molar-refractivity contribution in [3.05, 3.63) is 78.1 Å². The molecule has 2 heterocycles. The second-order valence-corrected chi connectivity index (χ2v) is 6.91. The number of hydrogen-bond acceptors (Lipinski definition) is 3. The average molecular weight is 376 g/mol. The number of hydrogen-bond donors (Lipinski definition) is 0. The standard InChI is InChI=1S/C23H24N2O3/c1-27-19-10-11-22(28-2)20(16-19)21-9-6-14-25(21)23(26)17-7-5-8-18(15-17)24-12-3-4-13-24/h3-5,7-8,10-13,15-16,21H,6,9,14H2,1-2H3. The van der Waals surface area contributed by atoms with Crippen LogP contribution < -0.4 is 9.47 Å². The molecule has 5 heteroatoms. The summed E-state index contributed by atoms with van der Waals surface area (Å²) in [6, 6.07) is 17.4. The molecule has 0 radical (unpaired) electrons. The lowest BCUT2D eigenvalue weighted by Crippen LogP contribution is -2.30. The lowest BCUT2D eigenvalue weighted by Gasteiger charge is -2.27. The minimum Gasteiger partial charge on any atom is -0.497 e. The first-order valence-corrected chi connectivity index (χ1v) is 9.47. The topological polar surface area (TPSA) is 43.7 Å². The van der Waals surface area contributed by atoms with Crippen molar-refractivity contribution in [2.45, 2.75) is 18.9 Å². The Hall–Kier alpha value is -3.21. The van der Waals surface area contributed by atoms with Gasteiger partial charge in [0.1, 0.15) is 11.5 Å². The number of aromatic nitrogens is 1. The normalized spacial score (nSPS) is 16.2. The molecule has 0 saturated carbocycles. The molecule has 1 unspecified atom stereocenters. The van der Waals surface area contributed by atoms with E-state index in [1.54, 1.807) is 14.2 Å². The van der Waals surface area contributed by atoms with Crippen LogP contribution in [0.5, 0.6) is 11.5 Å². The van der Waals surface area contributed by atoms with Crippen molar-refractivity contribution >= 4 is 5.91 Å². The predicted octanol–water partition coefficient (Wildman–Crippen LogP) is 4.47. The molecule has 4 rings (SSSR count). The number of methoxy groups -OCH3 is 2. The second kappa shape index (κ2) is 7.80. The molecule has 5 nitrogen and oxygen atoms in total. The van der Waals surface area contributed by atoms with E-state index in [1.807, 2.05) is 76.5 Å². The fraction of sp³-hybridized carbons (Fsp3) is 0.261. The molecule has 3 aromatic rings. The maximum Gasteiger partial charge on any atom is 0.254 e. The third kappa shape index (κ3) is 3.36. The van der Waals surface area contributed by atoms with E-state index in [2.05, 4.69) is 0 Å². The molecule has 1 fully saturated rings. The Labute approximate surface area is 165 Å². The number of likely N-dealkylation sites (tertiary alicyclic amines) is 1. The summed E-state index contributed by atoms with van der Waals surface area (Å²) in [6.07, 6.45) is 5.83. The van der Waals surface area contributed by atoms with Crippen LogP contribution in [0.25, 0.3) is 5.69 Å². The third-order valence-electron chi connectivity index (χ3n) is 5.31. The van der Waals surface area contributed by atoms with Crippen molar-refractivity contribution in [3.63, 3.8) is 0 Å². The van der Waals surface area contributed by atoms with Gasteiger partial charge in [-0.05, 0) is 61.4 Å². The van der Waals surface area contributed by atoms with Crippen LogP contribution in [0.2, 0.25) is 0 Å². The molecule has 0 spiro atoms. The van der Waals surface area contributed by atoms with Crippen molar-refractivity contribution in [1.82, 2.24) is 9.47 Å². The molecule has 1 atom stereocenters. The van der Waals surface area contributed by atoms with Crippen LogP contribution >= 0.6 is 0 Å². The van der Waals surface area contributed by atoms with Gasteiger partial charge < -0.3 is 18.9 Å². The smallest absolute Gasteiger partial charge is 0.254 e. The van der Waals surface area contributed by atoms with Crippen LogP contribution in [0.4, 0.5) is 0 Å². The van der Waals surface area contributed by atoms with Crippen LogP contribution in [0.1, 0.15) is 34.8 Å². The maximum atomic E-state index is 13.4. The van der Waals surface area contributed by atoms with E-state index < -0.39 is 0 Å². The summed E-state index contributed by atoms with van der Waals surface area (Å²) in [5, 5.41) is 0. The summed E-state index contributed by atoms with van der Waals surface area (Å²) in [7, 11) is 3.31. The molecule has 1 saturated heterocycles. The molecule has 1 aliphatic heterocycles. The summed E-state index contributed by atoms with van der Waals surface area (Å²) in [5.41, 5.74) is 2.67. The quantitative estimate of drug-likeness (QED) is 0.660. The summed E-state index contributed by atoms with van der Waals surface area (Å²) in [6.45, 7) is 0.734. The van der Waals surface area contributed by atoms with Gasteiger partial charge in [0.05, 0.1) is 20.3 Å². The SMILES string of the molecule is COc1ccc(OC)c(C2CCCN2C(=O)c2cccc(-n3cccc3)c2)c1. The summed E-state index contributed by atoms with van der Waals surface area (Å²) >= 11 is 0. The Kier molecular flexibility index (Phi) is 5.06. The van der Waals surface area contributed by atoms with E-state index in [9.17, 15) is 4.79 Å². The first kappa shape index (κ1) is 18.2. The number of ether oxygens (including phenoxy) is 2. The third-order valence-corrected chi connectivity index (χ3v) is 5.31. The maximum absolute atomic E-state index is 13.4. The van der Waals surface area contributed by atoms with Crippen LogP contribution in [-0.4, -0.2) is 36.1 Å². The van der Waals surface area contributed by atoms with Crippen molar-refractivity contribution in [2.24, 2.45) is 0 Å². The minimum absolute atomic E-state index is 0.0206. The Morgan fingerprint density at radius 2 is 1.82 bits per heavy atom. The molecule has 144 valence electrons. The zero-order valence-electron chi connectivity index (χ0n) is 16.2. The van der Waals surface area contributed by atoms with E-state index in [0.717, 1.165) is 42.1 Å². The zero-order chi connectivity index (χ0) is 19.5. The van der Waals surface area contributed by atoms with Crippen molar-refractivity contribution in [1.29, 1.82) is 0 Å². The monoisotopic (exact) mass is 376 g/mol. The highest BCUT2D eigenvalue weighted by Crippen LogP contribution is 2.39. The number of amides is 1. The van der Waals surface area contributed by atoms with Crippen LogP contribution in [0, 0.1) is 0 Å². The molecule has 0 N–H and O–H groups in total. The van der Waals surface area contributed by atoms with Gasteiger partial charge in [0.25, 0.3) is 5.91 Å². The van der Waals surface area contributed by atoms with Gasteiger partial charge in [-0.25, -0.2) is 0 Å². The lowest BCUT2D eigenvalue weighted by molar-refractivity contribution is 0.0734. The highest BCUT2D eigenvalue weighted by atomic mass is 16.5. The van der Waals surface area contributed by atoms with E-state index in [0.29, 0.717) is 5.56 Å². The van der Waals surface area contributed by atoms with Crippen molar-refractivity contribution in [2.75, 3.05) is 20.8 Å². The molecule has 2 aromatic carbocycles. The highest BCUT2D eigenvalue weighted by Gasteiger charge is 2.32. The van der Waals surface area contributed by atoms with Gasteiger partial charge in [-0.1, -0.05) is 6.07 Å². The van der Waals surface area contributed by atoms with Gasteiger partial charge in [0, 0.05) is 35.8 Å². The van der Waals surface area contributed by atoms with Gasteiger partial charge in [-0.3, -0.25) is 4.79 Å². The Morgan fingerprint density at radius 1 is 1.00 bits per heavy atom. The fourth-order valence-electron chi connectivity index (χ4n) is 3.90. The molecular formula is C23H24N2O3. The molecule has 0 aliphatic carbocycles. The van der Waals surface area contributed by atoms with E-state index in [-0.39, 0.29) is 11.9 Å². The first-order chi connectivity index (χ1) is 13.7. The number of benzene rings is 2. The van der Waals surface area contributed by atoms with E-state index >= 15 is 0 Å². The molecule has 1 amide bonds. The van der Waals surface area contributed by atoms with Gasteiger partial charge in [0.15, 0.2) is 0 Å². The van der Waals surface area contributed by atoms with Gasteiger partial charge in [-0.15, -0.1) is 0 Å². The van der Waals surface area contributed by atoms with Crippen molar-refractivity contribution in [3.8, 4) is 17.2 Å². The van der Waals surface area contributed by atoms with Crippen LogP contribution in [0.15, 0.2) is 67.0 Å². The molecule has 1 aromatic heterocycles. The van der Waals surface area contributed by atoms with Gasteiger partial charge in [0.2, 0.25) is 0 Å². The zero-order valence-corrected chi connectivity index (χ0v) is 16.2. The molecule has 28 heavy (non-hydrogen) atoms.